The van der Waals surface area contributed by atoms with Gasteiger partial charge in [-0.2, -0.15) is 0 Å². The second-order valence-corrected chi connectivity index (χ2v) is 5.35. The van der Waals surface area contributed by atoms with E-state index < -0.39 is 0 Å². The van der Waals surface area contributed by atoms with E-state index in [2.05, 4.69) is 15.6 Å². The maximum Gasteiger partial charge on any atom is 0.137 e. The molecule has 6 nitrogen and oxygen atoms in total. The molecule has 22 heavy (non-hydrogen) atoms. The van der Waals surface area contributed by atoms with Gasteiger partial charge in [0, 0.05) is 13.1 Å². The van der Waals surface area contributed by atoms with Crippen LogP contribution in [0.15, 0.2) is 42.7 Å². The van der Waals surface area contributed by atoms with E-state index in [-0.39, 0.29) is 0 Å². The minimum absolute atomic E-state index is 0.463. The third-order valence-electron chi connectivity index (χ3n) is 3.86. The molecule has 1 fully saturated rings. The number of aromatic nitrogens is 3. The minimum Gasteiger partial charge on any atom is -0.495 e. The number of hydrogen-bond donors (Lipinski definition) is 2. The Bertz CT molecular complexity index is 809. The molecular formula is C16H17N5O. The van der Waals surface area contributed by atoms with Crippen molar-refractivity contribution in [3.63, 3.8) is 0 Å². The second kappa shape index (κ2) is 5.31. The molecule has 0 spiro atoms. The first-order valence-corrected chi connectivity index (χ1v) is 7.29. The zero-order valence-electron chi connectivity index (χ0n) is 12.3. The first-order chi connectivity index (χ1) is 10.8. The predicted molar refractivity (Wildman–Crippen MR) is 85.3 cm³/mol. The van der Waals surface area contributed by atoms with Gasteiger partial charge < -0.3 is 15.4 Å². The van der Waals surface area contributed by atoms with Crippen molar-refractivity contribution < 1.29 is 4.74 Å². The van der Waals surface area contributed by atoms with E-state index in [0.29, 0.717) is 6.04 Å². The van der Waals surface area contributed by atoms with E-state index in [1.165, 1.54) is 0 Å². The molecule has 1 aliphatic rings. The molecule has 4 rings (SSSR count). The Kier molecular flexibility index (Phi) is 3.16. The van der Waals surface area contributed by atoms with Gasteiger partial charge in [-0.3, -0.25) is 4.40 Å². The smallest absolute Gasteiger partial charge is 0.137 e. The Balaban J connectivity index is 1.72. The van der Waals surface area contributed by atoms with E-state index in [9.17, 15) is 0 Å². The highest BCUT2D eigenvalue weighted by molar-refractivity contribution is 5.62. The molecule has 0 aliphatic carbocycles. The van der Waals surface area contributed by atoms with E-state index in [1.54, 1.807) is 7.11 Å². The summed E-state index contributed by atoms with van der Waals surface area (Å²) in [6, 6.07) is 10.3. The van der Waals surface area contributed by atoms with E-state index >= 15 is 0 Å². The molecule has 0 aromatic carbocycles. The summed E-state index contributed by atoms with van der Waals surface area (Å²) >= 11 is 0. The van der Waals surface area contributed by atoms with Crippen LogP contribution < -0.4 is 15.4 Å². The van der Waals surface area contributed by atoms with Crippen LogP contribution in [0.1, 0.15) is 0 Å². The van der Waals surface area contributed by atoms with Crippen molar-refractivity contribution in [2.24, 2.45) is 0 Å². The number of nitrogens with zero attached hydrogens (tertiary/aromatic N) is 3. The molecule has 1 saturated heterocycles. The molecule has 0 saturated carbocycles. The van der Waals surface area contributed by atoms with Gasteiger partial charge in [0.05, 0.1) is 36.9 Å². The van der Waals surface area contributed by atoms with Crippen molar-refractivity contribution in [2.75, 3.05) is 25.5 Å². The summed E-state index contributed by atoms with van der Waals surface area (Å²) in [5, 5.41) is 6.67. The van der Waals surface area contributed by atoms with Gasteiger partial charge in [-0.25, -0.2) is 9.97 Å². The third-order valence-corrected chi connectivity index (χ3v) is 3.86. The number of fused-ring (bicyclic) bond motifs is 1. The maximum atomic E-state index is 5.29. The topological polar surface area (TPSA) is 63.5 Å². The van der Waals surface area contributed by atoms with Gasteiger partial charge in [-0.15, -0.1) is 0 Å². The number of rotatable bonds is 4. The van der Waals surface area contributed by atoms with Crippen LogP contribution in [0.2, 0.25) is 0 Å². The summed E-state index contributed by atoms with van der Waals surface area (Å²) in [6.45, 7) is 1.97. The van der Waals surface area contributed by atoms with Gasteiger partial charge in [0.2, 0.25) is 0 Å². The Morgan fingerprint density at radius 3 is 2.95 bits per heavy atom. The predicted octanol–water partition coefficient (Wildman–Crippen LogP) is 1.79. The number of imidazole rings is 1. The first-order valence-electron chi connectivity index (χ1n) is 7.29. The Labute approximate surface area is 128 Å². The summed E-state index contributed by atoms with van der Waals surface area (Å²) < 4.78 is 7.29. The Morgan fingerprint density at radius 2 is 2.18 bits per heavy atom. The largest absolute Gasteiger partial charge is 0.495 e. The summed E-state index contributed by atoms with van der Waals surface area (Å²) in [7, 11) is 1.66. The summed E-state index contributed by atoms with van der Waals surface area (Å²) in [5.41, 5.74) is 2.71. The highest BCUT2D eigenvalue weighted by atomic mass is 16.5. The van der Waals surface area contributed by atoms with Gasteiger partial charge in [-0.05, 0) is 24.3 Å². The molecule has 0 atom stereocenters. The van der Waals surface area contributed by atoms with Gasteiger partial charge >= 0.3 is 0 Å². The van der Waals surface area contributed by atoms with Crippen LogP contribution in [-0.2, 0) is 0 Å². The quantitative estimate of drug-likeness (QED) is 0.768. The molecule has 1 aliphatic heterocycles. The highest BCUT2D eigenvalue weighted by Crippen LogP contribution is 2.23. The number of hydrogen-bond acceptors (Lipinski definition) is 5. The van der Waals surface area contributed by atoms with Gasteiger partial charge in [0.1, 0.15) is 17.2 Å². The maximum absolute atomic E-state index is 5.29. The van der Waals surface area contributed by atoms with Crippen LogP contribution in [0.25, 0.3) is 17.0 Å². The molecule has 0 amide bonds. The van der Waals surface area contributed by atoms with Crippen LogP contribution in [0.5, 0.6) is 5.75 Å². The third kappa shape index (κ3) is 2.27. The van der Waals surface area contributed by atoms with E-state index in [4.69, 9.17) is 9.72 Å². The van der Waals surface area contributed by atoms with Crippen molar-refractivity contribution in [3.05, 3.63) is 42.7 Å². The molecule has 6 heteroatoms. The fourth-order valence-electron chi connectivity index (χ4n) is 2.53. The lowest BCUT2D eigenvalue weighted by atomic mass is 10.2. The molecule has 112 valence electrons. The van der Waals surface area contributed by atoms with Gasteiger partial charge in [-0.1, -0.05) is 6.07 Å². The number of nitrogens with one attached hydrogen (secondary N) is 2. The van der Waals surface area contributed by atoms with E-state index in [1.807, 2.05) is 47.1 Å². The number of ether oxygens (including phenoxy) is 1. The Hall–Kier alpha value is -2.60. The summed E-state index contributed by atoms with van der Waals surface area (Å²) in [4.78, 5) is 9.13. The zero-order chi connectivity index (χ0) is 14.9. The monoisotopic (exact) mass is 295 g/mol. The van der Waals surface area contributed by atoms with Crippen molar-refractivity contribution in [3.8, 4) is 17.1 Å². The van der Waals surface area contributed by atoms with Crippen LogP contribution in [0.4, 0.5) is 5.82 Å². The summed E-state index contributed by atoms with van der Waals surface area (Å²) in [5.74, 6) is 1.68. The average molecular weight is 295 g/mol. The molecule has 0 bridgehead atoms. The molecule has 4 heterocycles. The first kappa shape index (κ1) is 13.1. The normalized spacial score (nSPS) is 14.8. The van der Waals surface area contributed by atoms with Crippen molar-refractivity contribution >= 4 is 11.5 Å². The number of methoxy groups -OCH3 is 1. The molecule has 3 aromatic rings. The number of anilines is 1. The molecule has 3 aromatic heterocycles. The molecule has 0 radical (unpaired) electrons. The van der Waals surface area contributed by atoms with Crippen molar-refractivity contribution in [2.45, 2.75) is 6.04 Å². The lowest BCUT2D eigenvalue weighted by molar-refractivity contribution is 0.412. The average Bonchev–Trinajstić information content (AvgIpc) is 2.94. The second-order valence-electron chi connectivity index (χ2n) is 5.35. The number of pyridine rings is 2. The molecule has 0 unspecified atom stereocenters. The van der Waals surface area contributed by atoms with Crippen LogP contribution in [0, 0.1) is 0 Å². The van der Waals surface area contributed by atoms with Gasteiger partial charge in [0.15, 0.2) is 0 Å². The summed E-state index contributed by atoms with van der Waals surface area (Å²) in [6.07, 6.45) is 3.76. The lowest BCUT2D eigenvalue weighted by Crippen LogP contribution is -2.51. The standard InChI is InChI=1S/C16H17N5O/c1-22-12-5-6-16-18-9-14(21(16)10-12)13-3-2-4-15(20-13)19-11-7-17-8-11/h2-6,9-11,17H,7-8H2,1H3,(H,19,20). The van der Waals surface area contributed by atoms with Crippen LogP contribution in [-0.4, -0.2) is 40.6 Å². The van der Waals surface area contributed by atoms with Crippen LogP contribution >= 0.6 is 0 Å². The minimum atomic E-state index is 0.463. The SMILES string of the molecule is COc1ccc2ncc(-c3cccc(NC4CNC4)n3)n2c1. The molecule has 2 N–H and O–H groups in total. The fourth-order valence-corrected chi connectivity index (χ4v) is 2.53. The highest BCUT2D eigenvalue weighted by Gasteiger charge is 2.17. The zero-order valence-corrected chi connectivity index (χ0v) is 12.3. The van der Waals surface area contributed by atoms with Gasteiger partial charge in [0.25, 0.3) is 0 Å². The van der Waals surface area contributed by atoms with Crippen molar-refractivity contribution in [1.29, 1.82) is 0 Å². The lowest BCUT2D eigenvalue weighted by Gasteiger charge is -2.28. The van der Waals surface area contributed by atoms with Crippen LogP contribution in [0.3, 0.4) is 0 Å². The fraction of sp³-hybridized carbons (Fsp3) is 0.250. The molecular weight excluding hydrogens is 278 g/mol. The van der Waals surface area contributed by atoms with E-state index in [0.717, 1.165) is 41.7 Å². The van der Waals surface area contributed by atoms with Crippen molar-refractivity contribution in [1.82, 2.24) is 19.7 Å². The Morgan fingerprint density at radius 1 is 1.27 bits per heavy atom.